The van der Waals surface area contributed by atoms with Gasteiger partial charge in [0.05, 0.1) is 18.1 Å². The molecule has 0 atom stereocenters. The molecule has 0 aromatic carbocycles. The minimum Gasteiger partial charge on any atom is -0.0373 e. The van der Waals surface area contributed by atoms with Crippen LogP contribution in [0.25, 0.3) is 0 Å². The van der Waals surface area contributed by atoms with E-state index in [-0.39, 0.29) is 19.8 Å². The summed E-state index contributed by atoms with van der Waals surface area (Å²) in [5.41, 5.74) is 0. The van der Waals surface area contributed by atoms with E-state index in [1.165, 1.54) is 18.1 Å². The lowest BCUT2D eigenvalue weighted by atomic mass is 10.9. The van der Waals surface area contributed by atoms with Crippen molar-refractivity contribution in [2.24, 2.45) is 0 Å². The Hall–Kier alpha value is 0.434. The van der Waals surface area contributed by atoms with Crippen LogP contribution >= 0.6 is 0 Å². The first-order valence-corrected chi connectivity index (χ1v) is 5.30. The molecule has 0 heterocycles. The minimum atomic E-state index is 0. The molecule has 0 fully saturated rings. The van der Waals surface area contributed by atoms with Gasteiger partial charge in [0.25, 0.3) is 11.0 Å². The van der Waals surface area contributed by atoms with Crippen molar-refractivity contribution in [3.8, 4) is 0 Å². The highest BCUT2D eigenvalue weighted by atomic mass is 28.3. The van der Waals surface area contributed by atoms with Gasteiger partial charge in [-0.15, -0.1) is 0 Å². The molecule has 0 N–H and O–H groups in total. The predicted molar refractivity (Wildman–Crippen MR) is 47.1 cm³/mol. The normalized spacial score (nSPS) is 7.88. The van der Waals surface area contributed by atoms with Gasteiger partial charge in [-0.1, -0.05) is 0 Å². The molecule has 0 aliphatic heterocycles. The molecule has 0 rings (SSSR count). The van der Waals surface area contributed by atoms with Crippen LogP contribution in [0.5, 0.6) is 0 Å². The van der Waals surface area contributed by atoms with E-state index >= 15 is 0 Å². The van der Waals surface area contributed by atoms with Crippen LogP contribution in [-0.2, 0) is 0 Å². The number of hydrogen-bond donors (Lipinski definition) is 0. The Morgan fingerprint density at radius 1 is 0.875 bits per heavy atom. The summed E-state index contributed by atoms with van der Waals surface area (Å²) in [4.78, 5) is 0. The van der Waals surface area contributed by atoms with E-state index in [4.69, 9.17) is 0 Å². The van der Waals surface area contributed by atoms with Gasteiger partial charge in [0.1, 0.15) is 0 Å². The number of rotatable bonds is 3. The Morgan fingerprint density at radius 2 is 1.12 bits per heavy atom. The largest absolute Gasteiger partial charge is 0.313 e. The zero-order valence-electron chi connectivity index (χ0n) is 6.62. The summed E-state index contributed by atoms with van der Waals surface area (Å²) in [6, 6.07) is 4.37. The van der Waals surface area contributed by atoms with Crippen molar-refractivity contribution < 1.29 is 0 Å². The molecule has 2 heteroatoms. The topological polar surface area (TPSA) is 0 Å². The van der Waals surface area contributed by atoms with E-state index in [1.54, 1.807) is 0 Å². The van der Waals surface area contributed by atoms with E-state index in [9.17, 15) is 0 Å². The first kappa shape index (κ1) is 11.3. The fourth-order valence-corrected chi connectivity index (χ4v) is 2.25. The lowest BCUT2D eigenvalue weighted by Crippen LogP contribution is -2.04. The van der Waals surface area contributed by atoms with Gasteiger partial charge in [-0.25, -0.2) is 0 Å². The fraction of sp³-hybridized carbons (Fsp3) is 1.00. The van der Waals surface area contributed by atoms with Gasteiger partial charge in [-0.3, -0.25) is 0 Å². The molecule has 0 radical (unpaired) electrons. The van der Waals surface area contributed by atoms with Gasteiger partial charge >= 0.3 is 8.80 Å². The van der Waals surface area contributed by atoms with E-state index in [0.717, 1.165) is 0 Å². The Bertz CT molecular complexity index is 28.0. The zero-order valence-corrected chi connectivity index (χ0v) is 9.62. The van der Waals surface area contributed by atoms with Gasteiger partial charge in [0, 0.05) is 0 Å². The van der Waals surface area contributed by atoms with E-state index in [2.05, 4.69) is 20.8 Å². The van der Waals surface area contributed by atoms with E-state index in [0.29, 0.717) is 0 Å². The van der Waals surface area contributed by atoms with Gasteiger partial charge in [0.15, 0.2) is 0 Å². The maximum Gasteiger partial charge on any atom is 0.313 e. The minimum absolute atomic E-state index is 0. The van der Waals surface area contributed by atoms with Gasteiger partial charge in [-0.2, -0.15) is 0 Å². The highest BCUT2D eigenvalue weighted by molar-refractivity contribution is 6.58. The second kappa shape index (κ2) is 7.43. The summed E-state index contributed by atoms with van der Waals surface area (Å²) in [6.07, 6.45) is 0. The molecular weight excluding hydrogens is 128 g/mol. The van der Waals surface area contributed by atoms with Crippen LogP contribution in [0.3, 0.4) is 0 Å². The van der Waals surface area contributed by atoms with Crippen molar-refractivity contribution in [3.05, 3.63) is 0 Å². The molecule has 8 heavy (non-hydrogen) atoms. The van der Waals surface area contributed by atoms with Crippen LogP contribution < -0.4 is 0 Å². The molecule has 0 aromatic rings. The molecular formula is C6H18Si2+2. The average molecular weight is 146 g/mol. The van der Waals surface area contributed by atoms with Crippen molar-refractivity contribution in [2.45, 2.75) is 38.9 Å². The van der Waals surface area contributed by atoms with Crippen LogP contribution in [0.2, 0.25) is 18.1 Å². The fourth-order valence-electron chi connectivity index (χ4n) is 0.750. The lowest BCUT2D eigenvalue weighted by molar-refractivity contribution is 1.24. The second-order valence-corrected chi connectivity index (χ2v) is 5.43. The lowest BCUT2D eigenvalue weighted by Gasteiger charge is -1.86. The smallest absolute Gasteiger partial charge is 0.0373 e. The van der Waals surface area contributed by atoms with Gasteiger partial charge in [-0.05, 0) is 20.8 Å². The molecule has 0 saturated heterocycles. The summed E-state index contributed by atoms with van der Waals surface area (Å²) in [6.45, 7) is 6.92. The van der Waals surface area contributed by atoms with Crippen LogP contribution in [0, 0.1) is 0 Å². The molecule has 0 aromatic heterocycles. The molecule has 0 nitrogen and oxygen atoms in total. The Balaban J connectivity index is 0. The maximum atomic E-state index is 2.31. The monoisotopic (exact) mass is 146 g/mol. The summed E-state index contributed by atoms with van der Waals surface area (Å²) in [5.74, 6) is 0. The molecule has 0 amide bonds. The molecule has 0 aliphatic rings. The second-order valence-electron chi connectivity index (χ2n) is 1.81. The first-order valence-electron chi connectivity index (χ1n) is 3.18. The van der Waals surface area contributed by atoms with Crippen LogP contribution in [0.1, 0.15) is 20.8 Å². The maximum absolute atomic E-state index is 2.31. The summed E-state index contributed by atoms with van der Waals surface area (Å²) in [5, 5.41) is 0. The Labute approximate surface area is 59.3 Å². The summed E-state index contributed by atoms with van der Waals surface area (Å²) in [7, 11) is 0.137. The average Bonchev–Trinajstić information content (AvgIpc) is 1.72. The zero-order chi connectivity index (χ0) is 5.70. The third-order valence-electron chi connectivity index (χ3n) is 1.50. The molecule has 48 valence electrons. The number of hydrogen-bond acceptors (Lipinski definition) is 0. The highest BCUT2D eigenvalue weighted by Gasteiger charge is 2.16. The molecule has 0 saturated carbocycles. The SMILES string of the molecule is CC[Si+](CC)CC.[SiH3+]. The van der Waals surface area contributed by atoms with Crippen LogP contribution in [0.4, 0.5) is 0 Å². The van der Waals surface area contributed by atoms with Crippen molar-refractivity contribution in [1.29, 1.82) is 0 Å². The van der Waals surface area contributed by atoms with Gasteiger partial charge in [0.2, 0.25) is 0 Å². The van der Waals surface area contributed by atoms with Crippen molar-refractivity contribution in [1.82, 2.24) is 0 Å². The highest BCUT2D eigenvalue weighted by Crippen LogP contribution is 2.01. The van der Waals surface area contributed by atoms with Crippen LogP contribution in [-0.4, -0.2) is 19.8 Å². The van der Waals surface area contributed by atoms with Crippen molar-refractivity contribution in [2.75, 3.05) is 0 Å². The predicted octanol–water partition coefficient (Wildman–Crippen LogP) is 1.36. The quantitative estimate of drug-likeness (QED) is 0.527. The van der Waals surface area contributed by atoms with Crippen molar-refractivity contribution >= 4 is 19.8 Å². The molecule has 0 aliphatic carbocycles. The van der Waals surface area contributed by atoms with E-state index < -0.39 is 0 Å². The standard InChI is InChI=1S/C6H15Si.H3Si/c1-4-7(5-2)6-3;/h4-6H2,1-3H3;1H3/q2*+1. The van der Waals surface area contributed by atoms with Crippen molar-refractivity contribution in [3.63, 3.8) is 0 Å². The third kappa shape index (κ3) is 4.59. The Morgan fingerprint density at radius 3 is 1.12 bits per heavy atom. The molecule has 0 spiro atoms. The van der Waals surface area contributed by atoms with Crippen LogP contribution in [0.15, 0.2) is 0 Å². The Kier molecular flexibility index (Phi) is 10.5. The molecule has 0 unspecified atom stereocenters. The summed E-state index contributed by atoms with van der Waals surface area (Å²) >= 11 is 0. The third-order valence-corrected chi connectivity index (χ3v) is 4.50. The first-order chi connectivity index (χ1) is 3.35. The molecule has 0 bridgehead atoms. The van der Waals surface area contributed by atoms with E-state index in [1.807, 2.05) is 0 Å². The summed E-state index contributed by atoms with van der Waals surface area (Å²) < 4.78 is 0. The van der Waals surface area contributed by atoms with Gasteiger partial charge < -0.3 is 0 Å².